The minimum Gasteiger partial charge on any atom is -0.309 e. The summed E-state index contributed by atoms with van der Waals surface area (Å²) in [6.45, 7) is 4.07. The Balaban J connectivity index is 2.39. The zero-order valence-electron chi connectivity index (χ0n) is 10.7. The Morgan fingerprint density at radius 2 is 2.16 bits per heavy atom. The Morgan fingerprint density at radius 1 is 1.42 bits per heavy atom. The van der Waals surface area contributed by atoms with E-state index in [-0.39, 0.29) is 11.5 Å². The number of H-pyrrole nitrogens is 1. The number of nitrogens with one attached hydrogen (secondary N) is 1. The third-order valence-corrected chi connectivity index (χ3v) is 4.02. The predicted octanol–water partition coefficient (Wildman–Crippen LogP) is 3.74. The van der Waals surface area contributed by atoms with Gasteiger partial charge in [-0.1, -0.05) is 37.6 Å². The van der Waals surface area contributed by atoms with Crippen molar-refractivity contribution in [3.63, 3.8) is 0 Å². The Labute approximate surface area is 130 Å². The summed E-state index contributed by atoms with van der Waals surface area (Å²) in [5, 5.41) is 0.689. The van der Waals surface area contributed by atoms with Crippen LogP contribution in [0, 0.1) is 3.57 Å². The summed E-state index contributed by atoms with van der Waals surface area (Å²) in [5.41, 5.74) is 1.81. The van der Waals surface area contributed by atoms with E-state index in [1.165, 1.54) is 0 Å². The summed E-state index contributed by atoms with van der Waals surface area (Å²) in [6.07, 6.45) is 0.576. The largest absolute Gasteiger partial charge is 0.309 e. The zero-order valence-corrected chi connectivity index (χ0v) is 13.6. The van der Waals surface area contributed by atoms with Gasteiger partial charge in [0, 0.05) is 11.4 Å². The Hall–Kier alpha value is -0.880. The first-order valence-electron chi connectivity index (χ1n) is 6.00. The maximum Gasteiger partial charge on any atom is 0.264 e. The van der Waals surface area contributed by atoms with Crippen LogP contribution >= 0.6 is 34.2 Å². The first kappa shape index (κ1) is 14.5. The lowest BCUT2D eigenvalue weighted by Crippen LogP contribution is -2.19. The van der Waals surface area contributed by atoms with E-state index in [2.05, 4.69) is 9.97 Å². The Morgan fingerprint density at radius 3 is 2.79 bits per heavy atom. The second-order valence-electron chi connectivity index (χ2n) is 4.67. The van der Waals surface area contributed by atoms with Gasteiger partial charge in [0.2, 0.25) is 0 Å². The summed E-state index contributed by atoms with van der Waals surface area (Å²) < 4.78 is 0.669. The Bertz CT molecular complexity index is 652. The molecule has 0 atom stereocenters. The predicted molar refractivity (Wildman–Crippen MR) is 85.9 cm³/mol. The fourth-order valence-corrected chi connectivity index (χ4v) is 2.92. The highest BCUT2D eigenvalue weighted by molar-refractivity contribution is 14.1. The molecule has 0 aliphatic heterocycles. The van der Waals surface area contributed by atoms with Crippen LogP contribution in [0.4, 0.5) is 0 Å². The monoisotopic (exact) mass is 388 g/mol. The summed E-state index contributed by atoms with van der Waals surface area (Å²) >= 11 is 8.00. The van der Waals surface area contributed by atoms with E-state index in [0.29, 0.717) is 20.8 Å². The molecule has 0 aliphatic carbocycles. The van der Waals surface area contributed by atoms with Gasteiger partial charge in [-0.2, -0.15) is 0 Å². The van der Waals surface area contributed by atoms with Gasteiger partial charge in [-0.25, -0.2) is 4.98 Å². The number of hydrogen-bond acceptors (Lipinski definition) is 2. The van der Waals surface area contributed by atoms with Crippen molar-refractivity contribution in [1.29, 1.82) is 0 Å². The third kappa shape index (κ3) is 3.57. The van der Waals surface area contributed by atoms with Crippen molar-refractivity contribution in [2.45, 2.75) is 26.2 Å². The van der Waals surface area contributed by atoms with E-state index >= 15 is 0 Å². The average molecular weight is 389 g/mol. The van der Waals surface area contributed by atoms with E-state index in [9.17, 15) is 4.79 Å². The topological polar surface area (TPSA) is 45.8 Å². The van der Waals surface area contributed by atoms with Crippen molar-refractivity contribution in [1.82, 2.24) is 9.97 Å². The van der Waals surface area contributed by atoms with Crippen LogP contribution in [0.5, 0.6) is 0 Å². The van der Waals surface area contributed by atoms with Crippen molar-refractivity contribution in [2.75, 3.05) is 0 Å². The van der Waals surface area contributed by atoms with Crippen molar-refractivity contribution in [3.8, 4) is 0 Å². The van der Waals surface area contributed by atoms with Crippen molar-refractivity contribution in [2.24, 2.45) is 0 Å². The SMILES string of the molecule is CC(C)c1nc(Cc2cccc(Cl)c2)[nH]c(=O)c1I. The lowest BCUT2D eigenvalue weighted by Gasteiger charge is -2.09. The quantitative estimate of drug-likeness (QED) is 0.814. The van der Waals surface area contributed by atoms with Gasteiger partial charge in [-0.05, 0) is 46.2 Å². The first-order chi connectivity index (χ1) is 8.97. The molecule has 100 valence electrons. The van der Waals surface area contributed by atoms with E-state index in [0.717, 1.165) is 11.3 Å². The number of halogens is 2. The molecular weight excluding hydrogens is 375 g/mol. The van der Waals surface area contributed by atoms with Gasteiger partial charge in [0.1, 0.15) is 5.82 Å². The molecule has 2 rings (SSSR count). The number of rotatable bonds is 3. The van der Waals surface area contributed by atoms with Gasteiger partial charge in [-0.15, -0.1) is 0 Å². The molecule has 1 aromatic carbocycles. The lowest BCUT2D eigenvalue weighted by molar-refractivity contribution is 0.774. The normalized spacial score (nSPS) is 11.0. The van der Waals surface area contributed by atoms with Crippen LogP contribution in [-0.4, -0.2) is 9.97 Å². The lowest BCUT2D eigenvalue weighted by atomic mass is 10.1. The van der Waals surface area contributed by atoms with Gasteiger partial charge in [0.25, 0.3) is 5.56 Å². The van der Waals surface area contributed by atoms with E-state index in [1.807, 2.05) is 60.7 Å². The van der Waals surface area contributed by atoms with Crippen molar-refractivity contribution < 1.29 is 0 Å². The molecule has 3 nitrogen and oxygen atoms in total. The number of hydrogen-bond donors (Lipinski definition) is 1. The second kappa shape index (κ2) is 6.05. The summed E-state index contributed by atoms with van der Waals surface area (Å²) in [6, 6.07) is 7.58. The molecule has 0 saturated heterocycles. The zero-order chi connectivity index (χ0) is 14.0. The molecule has 1 aromatic heterocycles. The van der Waals surface area contributed by atoms with E-state index in [4.69, 9.17) is 11.6 Å². The van der Waals surface area contributed by atoms with Crippen LogP contribution in [0.1, 0.15) is 36.8 Å². The molecule has 5 heteroatoms. The van der Waals surface area contributed by atoms with Crippen LogP contribution in [-0.2, 0) is 6.42 Å². The molecule has 0 aliphatic rings. The van der Waals surface area contributed by atoms with Crippen LogP contribution < -0.4 is 5.56 Å². The molecule has 19 heavy (non-hydrogen) atoms. The van der Waals surface area contributed by atoms with Gasteiger partial charge in [0.15, 0.2) is 0 Å². The summed E-state index contributed by atoms with van der Waals surface area (Å²) in [5.74, 6) is 0.906. The van der Waals surface area contributed by atoms with Crippen LogP contribution in [0.15, 0.2) is 29.1 Å². The summed E-state index contributed by atoms with van der Waals surface area (Å²) in [4.78, 5) is 19.3. The van der Waals surface area contributed by atoms with Gasteiger partial charge < -0.3 is 4.98 Å². The molecule has 1 N–H and O–H groups in total. The third-order valence-electron chi connectivity index (χ3n) is 2.74. The first-order valence-corrected chi connectivity index (χ1v) is 7.46. The molecule has 0 spiro atoms. The van der Waals surface area contributed by atoms with E-state index in [1.54, 1.807) is 0 Å². The van der Waals surface area contributed by atoms with Crippen LogP contribution in [0.2, 0.25) is 5.02 Å². The van der Waals surface area contributed by atoms with Crippen LogP contribution in [0.25, 0.3) is 0 Å². The summed E-state index contributed by atoms with van der Waals surface area (Å²) in [7, 11) is 0. The number of aromatic nitrogens is 2. The molecule has 1 heterocycles. The number of nitrogens with zero attached hydrogens (tertiary/aromatic N) is 1. The van der Waals surface area contributed by atoms with Crippen molar-refractivity contribution >= 4 is 34.2 Å². The van der Waals surface area contributed by atoms with Crippen LogP contribution in [0.3, 0.4) is 0 Å². The molecule has 0 fully saturated rings. The molecule has 0 amide bonds. The standard InChI is InChI=1S/C14H14ClIN2O/c1-8(2)13-12(16)14(19)18-11(17-13)7-9-4-3-5-10(15)6-9/h3-6,8H,7H2,1-2H3,(H,17,18,19). The minimum atomic E-state index is -0.0728. The average Bonchev–Trinajstić information content (AvgIpc) is 2.33. The molecule has 0 saturated carbocycles. The maximum atomic E-state index is 11.9. The fourth-order valence-electron chi connectivity index (χ4n) is 1.83. The maximum absolute atomic E-state index is 11.9. The molecular formula is C14H14ClIN2O. The Kier molecular flexibility index (Phi) is 4.62. The number of benzene rings is 1. The fraction of sp³-hybridized carbons (Fsp3) is 0.286. The van der Waals surface area contributed by atoms with Gasteiger partial charge in [-0.3, -0.25) is 4.79 Å². The van der Waals surface area contributed by atoms with Gasteiger partial charge >= 0.3 is 0 Å². The smallest absolute Gasteiger partial charge is 0.264 e. The molecule has 0 bridgehead atoms. The van der Waals surface area contributed by atoms with Gasteiger partial charge in [0.05, 0.1) is 9.26 Å². The van der Waals surface area contributed by atoms with E-state index < -0.39 is 0 Å². The highest BCUT2D eigenvalue weighted by atomic mass is 127. The molecule has 2 aromatic rings. The molecule has 0 unspecified atom stereocenters. The highest BCUT2D eigenvalue weighted by Crippen LogP contribution is 2.17. The number of aromatic amines is 1. The molecule has 0 radical (unpaired) electrons. The van der Waals surface area contributed by atoms with Crippen molar-refractivity contribution in [3.05, 3.63) is 60.3 Å². The highest BCUT2D eigenvalue weighted by Gasteiger charge is 2.12. The second-order valence-corrected chi connectivity index (χ2v) is 6.19. The minimum absolute atomic E-state index is 0.0728.